The van der Waals surface area contributed by atoms with Gasteiger partial charge in [-0.2, -0.15) is 13.2 Å². The van der Waals surface area contributed by atoms with Crippen molar-refractivity contribution in [3.8, 4) is 0 Å². The molecule has 1 fully saturated rings. The molecular formula is C25H33F3N2O2S. The number of alkyl halides is 3. The summed E-state index contributed by atoms with van der Waals surface area (Å²) in [6.45, 7) is 4.84. The number of hydrogen-bond acceptors (Lipinski definition) is 5. The lowest BCUT2D eigenvalue weighted by molar-refractivity contribution is -0.176. The van der Waals surface area contributed by atoms with Gasteiger partial charge in [0.1, 0.15) is 12.9 Å². The van der Waals surface area contributed by atoms with Crippen molar-refractivity contribution in [3.63, 3.8) is 0 Å². The van der Waals surface area contributed by atoms with E-state index in [1.165, 1.54) is 0 Å². The Morgan fingerprint density at radius 3 is 2.70 bits per heavy atom. The minimum Gasteiger partial charge on any atom is -0.391 e. The summed E-state index contributed by atoms with van der Waals surface area (Å²) < 4.78 is 42.1. The average Bonchev–Trinajstić information content (AvgIpc) is 3.26. The Balaban J connectivity index is 1.62. The lowest BCUT2D eigenvalue weighted by atomic mass is 9.70. The molecule has 1 heterocycles. The van der Waals surface area contributed by atoms with Crippen molar-refractivity contribution < 1.29 is 22.8 Å². The molecule has 182 valence electrons. The largest absolute Gasteiger partial charge is 0.396 e. The van der Waals surface area contributed by atoms with Crippen molar-refractivity contribution in [2.75, 3.05) is 13.2 Å². The summed E-state index contributed by atoms with van der Waals surface area (Å²) in [7, 11) is 0. The summed E-state index contributed by atoms with van der Waals surface area (Å²) >= 11 is 1.57. The number of nitrogens with zero attached hydrogens (tertiary/aromatic N) is 1. The smallest absolute Gasteiger partial charge is 0.391 e. The highest BCUT2D eigenvalue weighted by Gasteiger charge is 2.48. The van der Waals surface area contributed by atoms with E-state index in [1.807, 2.05) is 25.1 Å². The van der Waals surface area contributed by atoms with Crippen LogP contribution in [0.15, 0.2) is 40.6 Å². The number of carbonyl (C=O) groups excluding carboxylic acids is 1. The van der Waals surface area contributed by atoms with Gasteiger partial charge >= 0.3 is 6.18 Å². The van der Waals surface area contributed by atoms with Crippen LogP contribution in [0, 0.1) is 17.8 Å². The van der Waals surface area contributed by atoms with Gasteiger partial charge in [-0.15, -0.1) is 11.3 Å². The minimum atomic E-state index is -4.27. The number of aldehydes is 1. The van der Waals surface area contributed by atoms with Gasteiger partial charge in [0.25, 0.3) is 0 Å². The maximum Gasteiger partial charge on any atom is 0.396 e. The molecule has 2 aliphatic rings. The molecule has 0 spiro atoms. The number of rotatable bonds is 10. The average molecular weight is 483 g/mol. The molecule has 2 atom stereocenters. The molecule has 1 N–H and O–H groups in total. The highest BCUT2D eigenvalue weighted by Crippen LogP contribution is 2.47. The number of halogens is 3. The number of carbonyl (C=O) groups is 1. The summed E-state index contributed by atoms with van der Waals surface area (Å²) in [4.78, 5) is 17.9. The van der Waals surface area contributed by atoms with Gasteiger partial charge in [-0.1, -0.05) is 49.1 Å². The molecule has 1 saturated carbocycles. The van der Waals surface area contributed by atoms with Crippen molar-refractivity contribution in [1.82, 2.24) is 5.32 Å². The van der Waals surface area contributed by atoms with Crippen molar-refractivity contribution in [3.05, 3.63) is 45.2 Å². The predicted molar refractivity (Wildman–Crippen MR) is 126 cm³/mol. The Kier molecular flexibility index (Phi) is 9.32. The molecule has 0 aromatic carbocycles. The fraction of sp³-hybridized carbons (Fsp3) is 0.600. The Labute approximate surface area is 198 Å². The summed E-state index contributed by atoms with van der Waals surface area (Å²) in [6, 6.07) is 3.94. The number of hydrogen-bond donors (Lipinski definition) is 1. The Morgan fingerprint density at radius 1 is 1.24 bits per heavy atom. The SMILES string of the molecule is C/C(=N\OCC1=CC=C(C2CCCCC2)C(C(F)(F)F)C1C)c1ccc(CNCCC=O)s1. The lowest BCUT2D eigenvalue weighted by Gasteiger charge is -2.37. The molecule has 1 aromatic heterocycles. The minimum absolute atomic E-state index is 0.0350. The molecule has 0 bridgehead atoms. The summed E-state index contributed by atoms with van der Waals surface area (Å²) in [5.41, 5.74) is 1.86. The summed E-state index contributed by atoms with van der Waals surface area (Å²) in [5.74, 6) is -2.07. The van der Waals surface area contributed by atoms with Crippen LogP contribution in [-0.4, -0.2) is 31.3 Å². The van der Waals surface area contributed by atoms with Crippen LogP contribution in [0.2, 0.25) is 0 Å². The van der Waals surface area contributed by atoms with E-state index < -0.39 is 18.0 Å². The zero-order valence-electron chi connectivity index (χ0n) is 19.3. The van der Waals surface area contributed by atoms with E-state index in [2.05, 4.69) is 10.5 Å². The van der Waals surface area contributed by atoms with E-state index in [1.54, 1.807) is 24.3 Å². The highest BCUT2D eigenvalue weighted by molar-refractivity contribution is 7.14. The quantitative estimate of drug-likeness (QED) is 0.181. The van der Waals surface area contributed by atoms with Gasteiger partial charge < -0.3 is 14.9 Å². The molecule has 1 aromatic rings. The third kappa shape index (κ3) is 7.03. The van der Waals surface area contributed by atoms with E-state index in [9.17, 15) is 18.0 Å². The molecule has 0 amide bonds. The summed E-state index contributed by atoms with van der Waals surface area (Å²) in [6.07, 6.45) is 5.44. The molecule has 33 heavy (non-hydrogen) atoms. The molecule has 3 rings (SSSR count). The van der Waals surface area contributed by atoms with E-state index in [4.69, 9.17) is 4.84 Å². The van der Waals surface area contributed by atoms with Gasteiger partial charge in [0.15, 0.2) is 0 Å². The van der Waals surface area contributed by atoms with Gasteiger partial charge in [0.2, 0.25) is 0 Å². The first-order chi connectivity index (χ1) is 15.8. The molecular weight excluding hydrogens is 449 g/mol. The Bertz CT molecular complexity index is 882. The van der Waals surface area contributed by atoms with Crippen LogP contribution in [0.1, 0.15) is 62.1 Å². The Hall–Kier alpha value is -1.93. The first-order valence-corrected chi connectivity index (χ1v) is 12.5. The maximum atomic E-state index is 14.0. The fourth-order valence-electron chi connectivity index (χ4n) is 4.73. The van der Waals surface area contributed by atoms with Gasteiger partial charge in [-0.05, 0) is 49.3 Å². The van der Waals surface area contributed by atoms with Crippen LogP contribution in [-0.2, 0) is 16.2 Å². The van der Waals surface area contributed by atoms with Gasteiger partial charge in [-0.25, -0.2) is 0 Å². The van der Waals surface area contributed by atoms with Crippen LogP contribution in [0.4, 0.5) is 13.2 Å². The van der Waals surface area contributed by atoms with Crippen LogP contribution >= 0.6 is 11.3 Å². The van der Waals surface area contributed by atoms with Crippen LogP contribution in [0.25, 0.3) is 0 Å². The first-order valence-electron chi connectivity index (χ1n) is 11.7. The van der Waals surface area contributed by atoms with Crippen LogP contribution in [0.3, 0.4) is 0 Å². The van der Waals surface area contributed by atoms with Gasteiger partial charge in [-0.3, -0.25) is 0 Å². The van der Waals surface area contributed by atoms with E-state index >= 15 is 0 Å². The molecule has 4 nitrogen and oxygen atoms in total. The number of thiophene rings is 1. The molecule has 8 heteroatoms. The second-order valence-electron chi connectivity index (χ2n) is 8.90. The first kappa shape index (κ1) is 25.7. The van der Waals surface area contributed by atoms with Crippen LogP contribution < -0.4 is 5.32 Å². The standard InChI is InChI=1S/C25H33F3N2O2S/c1-17-20(9-11-22(24(17)25(26,27)28)19-7-4-3-5-8-19)16-32-30-18(2)23-12-10-21(33-23)15-29-13-6-14-31/h9-12,14,17,19,24,29H,3-8,13,15-16H2,1-2H3/b30-18+. The van der Waals surface area contributed by atoms with E-state index in [-0.39, 0.29) is 12.5 Å². The van der Waals surface area contributed by atoms with Gasteiger partial charge in [0, 0.05) is 24.4 Å². The van der Waals surface area contributed by atoms with Crippen molar-refractivity contribution >= 4 is 23.3 Å². The zero-order valence-corrected chi connectivity index (χ0v) is 20.1. The topological polar surface area (TPSA) is 50.7 Å². The molecule has 0 radical (unpaired) electrons. The molecule has 0 saturated heterocycles. The molecule has 2 aliphatic carbocycles. The highest BCUT2D eigenvalue weighted by atomic mass is 32.1. The van der Waals surface area contributed by atoms with Crippen molar-refractivity contribution in [2.45, 2.75) is 65.1 Å². The van der Waals surface area contributed by atoms with E-state index in [0.29, 0.717) is 36.4 Å². The second-order valence-corrected chi connectivity index (χ2v) is 10.1. The van der Waals surface area contributed by atoms with Crippen molar-refractivity contribution in [1.29, 1.82) is 0 Å². The lowest BCUT2D eigenvalue weighted by Crippen LogP contribution is -2.36. The third-order valence-corrected chi connectivity index (χ3v) is 7.75. The fourth-order valence-corrected chi connectivity index (χ4v) is 5.64. The number of oxime groups is 1. The summed E-state index contributed by atoms with van der Waals surface area (Å²) in [5, 5.41) is 7.35. The molecule has 0 aliphatic heterocycles. The third-order valence-electron chi connectivity index (χ3n) is 6.55. The van der Waals surface area contributed by atoms with Crippen molar-refractivity contribution in [2.24, 2.45) is 22.9 Å². The second kappa shape index (κ2) is 12.0. The number of allylic oxidation sites excluding steroid dienone is 3. The van der Waals surface area contributed by atoms with E-state index in [0.717, 1.165) is 48.1 Å². The monoisotopic (exact) mass is 482 g/mol. The zero-order chi connectivity index (χ0) is 23.8. The van der Waals surface area contributed by atoms with Crippen LogP contribution in [0.5, 0.6) is 0 Å². The molecule has 2 unspecified atom stereocenters. The maximum absolute atomic E-state index is 14.0. The Morgan fingerprint density at radius 2 is 2.00 bits per heavy atom. The normalized spacial score (nSPS) is 22.6. The van der Waals surface area contributed by atoms with Gasteiger partial charge in [0.05, 0.1) is 16.5 Å². The number of nitrogens with one attached hydrogen (secondary N) is 1. The predicted octanol–water partition coefficient (Wildman–Crippen LogP) is 6.43.